The fourth-order valence-electron chi connectivity index (χ4n) is 1.89. The molecule has 4 N–H and O–H groups in total. The number of hydrogen-bond acceptors (Lipinski definition) is 3. The first kappa shape index (κ1) is 11.3. The van der Waals surface area contributed by atoms with Crippen LogP contribution >= 0.6 is 11.3 Å². The monoisotopic (exact) mass is 232 g/mol. The van der Waals surface area contributed by atoms with Crippen LogP contribution in [0.25, 0.3) is 0 Å². The van der Waals surface area contributed by atoms with Crippen molar-refractivity contribution in [2.45, 2.75) is 12.0 Å². The van der Waals surface area contributed by atoms with Gasteiger partial charge in [0.15, 0.2) is 0 Å². The van der Waals surface area contributed by atoms with Crippen LogP contribution in [0.1, 0.15) is 23.1 Å². The molecular formula is C13H16N2S. The molecule has 1 heterocycles. The summed E-state index contributed by atoms with van der Waals surface area (Å²) in [4.78, 5) is 0. The third kappa shape index (κ3) is 2.32. The summed E-state index contributed by atoms with van der Waals surface area (Å²) in [6.07, 6.45) is 0. The quantitative estimate of drug-likeness (QED) is 0.851. The minimum Gasteiger partial charge on any atom is -0.330 e. The van der Waals surface area contributed by atoms with E-state index in [-0.39, 0.29) is 12.0 Å². The highest BCUT2D eigenvalue weighted by Crippen LogP contribution is 2.29. The van der Waals surface area contributed by atoms with Gasteiger partial charge in [0.2, 0.25) is 0 Å². The summed E-state index contributed by atoms with van der Waals surface area (Å²) in [7, 11) is 0. The molecule has 16 heavy (non-hydrogen) atoms. The van der Waals surface area contributed by atoms with E-state index in [0.29, 0.717) is 6.54 Å². The van der Waals surface area contributed by atoms with Gasteiger partial charge < -0.3 is 11.5 Å². The molecule has 2 unspecified atom stereocenters. The predicted molar refractivity (Wildman–Crippen MR) is 69.5 cm³/mol. The van der Waals surface area contributed by atoms with Crippen molar-refractivity contribution in [1.29, 1.82) is 0 Å². The Bertz CT molecular complexity index is 411. The van der Waals surface area contributed by atoms with Gasteiger partial charge in [-0.3, -0.25) is 0 Å². The lowest BCUT2D eigenvalue weighted by Gasteiger charge is -2.22. The van der Waals surface area contributed by atoms with Gasteiger partial charge in [-0.25, -0.2) is 0 Å². The van der Waals surface area contributed by atoms with Gasteiger partial charge in [0, 0.05) is 18.5 Å². The minimum absolute atomic E-state index is 0.0151. The van der Waals surface area contributed by atoms with E-state index in [4.69, 9.17) is 11.5 Å². The number of nitrogens with two attached hydrogens (primary N) is 2. The van der Waals surface area contributed by atoms with E-state index in [2.05, 4.69) is 23.6 Å². The maximum absolute atomic E-state index is 6.25. The Morgan fingerprint density at radius 3 is 2.38 bits per heavy atom. The van der Waals surface area contributed by atoms with Crippen LogP contribution in [0.5, 0.6) is 0 Å². The van der Waals surface area contributed by atoms with Crippen LogP contribution in [-0.4, -0.2) is 6.54 Å². The summed E-state index contributed by atoms with van der Waals surface area (Å²) in [5.41, 5.74) is 14.5. The van der Waals surface area contributed by atoms with Crippen LogP contribution in [-0.2, 0) is 0 Å². The van der Waals surface area contributed by atoms with Gasteiger partial charge in [-0.05, 0) is 28.0 Å². The fraction of sp³-hybridized carbons (Fsp3) is 0.231. The summed E-state index contributed by atoms with van der Waals surface area (Å²) in [6, 6.07) is 12.3. The summed E-state index contributed by atoms with van der Waals surface area (Å²) < 4.78 is 0. The van der Waals surface area contributed by atoms with Crippen LogP contribution < -0.4 is 11.5 Å². The molecule has 0 radical (unpaired) electrons. The van der Waals surface area contributed by atoms with E-state index in [1.165, 1.54) is 11.1 Å². The van der Waals surface area contributed by atoms with Crippen molar-refractivity contribution in [2.75, 3.05) is 6.54 Å². The van der Waals surface area contributed by atoms with Crippen molar-refractivity contribution < 1.29 is 0 Å². The molecule has 0 aliphatic carbocycles. The second-order valence-corrected chi connectivity index (χ2v) is 4.62. The number of rotatable bonds is 4. The van der Waals surface area contributed by atoms with E-state index in [9.17, 15) is 0 Å². The molecule has 0 aliphatic heterocycles. The van der Waals surface area contributed by atoms with Gasteiger partial charge in [0.05, 0.1) is 0 Å². The highest BCUT2D eigenvalue weighted by Gasteiger charge is 2.19. The van der Waals surface area contributed by atoms with Crippen molar-refractivity contribution >= 4 is 11.3 Å². The topological polar surface area (TPSA) is 52.0 Å². The molecule has 0 fully saturated rings. The Morgan fingerprint density at radius 2 is 1.81 bits per heavy atom. The molecule has 0 saturated heterocycles. The molecule has 0 aliphatic rings. The first-order valence-corrected chi connectivity index (χ1v) is 6.30. The van der Waals surface area contributed by atoms with Gasteiger partial charge in [0.25, 0.3) is 0 Å². The van der Waals surface area contributed by atoms with Crippen molar-refractivity contribution in [3.05, 3.63) is 58.3 Å². The third-order valence-electron chi connectivity index (χ3n) is 2.84. The maximum atomic E-state index is 6.25. The van der Waals surface area contributed by atoms with Gasteiger partial charge in [0.1, 0.15) is 0 Å². The zero-order chi connectivity index (χ0) is 11.4. The SMILES string of the molecule is NCC(c1ccccc1)C(N)c1ccsc1. The Hall–Kier alpha value is -1.16. The molecule has 0 saturated carbocycles. The lowest BCUT2D eigenvalue weighted by molar-refractivity contribution is 0.564. The van der Waals surface area contributed by atoms with Crippen LogP contribution in [0.15, 0.2) is 47.2 Å². The van der Waals surface area contributed by atoms with E-state index >= 15 is 0 Å². The molecule has 1 aromatic heterocycles. The normalized spacial score (nSPS) is 14.6. The zero-order valence-corrected chi connectivity index (χ0v) is 9.86. The summed E-state index contributed by atoms with van der Waals surface area (Å²) >= 11 is 1.67. The average molecular weight is 232 g/mol. The predicted octanol–water partition coefficient (Wildman–Crippen LogP) is 2.49. The van der Waals surface area contributed by atoms with Gasteiger partial charge in [-0.15, -0.1) is 0 Å². The van der Waals surface area contributed by atoms with E-state index in [0.717, 1.165) is 0 Å². The standard InChI is InChI=1S/C13H16N2S/c14-8-12(10-4-2-1-3-5-10)13(15)11-6-7-16-9-11/h1-7,9,12-13H,8,14-15H2. The van der Waals surface area contributed by atoms with Crippen molar-refractivity contribution in [2.24, 2.45) is 11.5 Å². The van der Waals surface area contributed by atoms with Gasteiger partial charge >= 0.3 is 0 Å². The smallest absolute Gasteiger partial charge is 0.0385 e. The second kappa shape index (κ2) is 5.25. The molecule has 2 aromatic rings. The summed E-state index contributed by atoms with van der Waals surface area (Å²) in [6.45, 7) is 0.570. The third-order valence-corrected chi connectivity index (χ3v) is 3.54. The Kier molecular flexibility index (Phi) is 3.72. The zero-order valence-electron chi connectivity index (χ0n) is 9.04. The van der Waals surface area contributed by atoms with Crippen molar-refractivity contribution in [1.82, 2.24) is 0 Å². The van der Waals surface area contributed by atoms with Crippen molar-refractivity contribution in [3.8, 4) is 0 Å². The molecule has 2 nitrogen and oxygen atoms in total. The van der Waals surface area contributed by atoms with Crippen molar-refractivity contribution in [3.63, 3.8) is 0 Å². The molecule has 0 bridgehead atoms. The van der Waals surface area contributed by atoms with E-state index < -0.39 is 0 Å². The molecule has 0 spiro atoms. The molecule has 0 amide bonds. The molecule has 1 aromatic carbocycles. The number of hydrogen-bond donors (Lipinski definition) is 2. The highest BCUT2D eigenvalue weighted by molar-refractivity contribution is 7.07. The van der Waals surface area contributed by atoms with Crippen LogP contribution in [0.2, 0.25) is 0 Å². The number of benzene rings is 1. The Morgan fingerprint density at radius 1 is 1.06 bits per heavy atom. The van der Waals surface area contributed by atoms with E-state index in [1.807, 2.05) is 23.6 Å². The summed E-state index contributed by atoms with van der Waals surface area (Å²) in [5, 5.41) is 4.14. The van der Waals surface area contributed by atoms with E-state index in [1.54, 1.807) is 11.3 Å². The van der Waals surface area contributed by atoms with Gasteiger partial charge in [-0.2, -0.15) is 11.3 Å². The van der Waals surface area contributed by atoms with Crippen LogP contribution in [0, 0.1) is 0 Å². The number of thiophene rings is 1. The lowest BCUT2D eigenvalue weighted by Crippen LogP contribution is -2.25. The first-order valence-electron chi connectivity index (χ1n) is 5.35. The second-order valence-electron chi connectivity index (χ2n) is 3.84. The van der Waals surface area contributed by atoms with Gasteiger partial charge in [-0.1, -0.05) is 30.3 Å². The molecule has 3 heteroatoms. The molecular weight excluding hydrogens is 216 g/mol. The molecule has 2 atom stereocenters. The van der Waals surface area contributed by atoms with Crippen LogP contribution in [0.4, 0.5) is 0 Å². The average Bonchev–Trinajstić information content (AvgIpc) is 2.85. The maximum Gasteiger partial charge on any atom is 0.0385 e. The largest absolute Gasteiger partial charge is 0.330 e. The minimum atomic E-state index is -0.0151. The molecule has 2 rings (SSSR count). The van der Waals surface area contributed by atoms with Crippen LogP contribution in [0.3, 0.4) is 0 Å². The Balaban J connectivity index is 2.23. The first-order chi connectivity index (χ1) is 7.83. The fourth-order valence-corrected chi connectivity index (χ4v) is 2.59. The molecule has 84 valence electrons. The lowest BCUT2D eigenvalue weighted by atomic mass is 9.89. The summed E-state index contributed by atoms with van der Waals surface area (Å²) in [5.74, 6) is 0.191. The highest BCUT2D eigenvalue weighted by atomic mass is 32.1. The Labute approximate surface area is 99.9 Å².